The first-order valence-electron chi connectivity index (χ1n) is 8.72. The van der Waals surface area contributed by atoms with Crippen molar-refractivity contribution in [3.8, 4) is 0 Å². The number of piperidine rings is 1. The van der Waals surface area contributed by atoms with Crippen molar-refractivity contribution >= 4 is 11.7 Å². The molecule has 2 aliphatic rings. The number of carbonyl (C=O) groups excluding carboxylic acids is 1. The molecule has 0 spiro atoms. The summed E-state index contributed by atoms with van der Waals surface area (Å²) in [5.41, 5.74) is 2.29. The smallest absolute Gasteiger partial charge is 0.224 e. The molecular formula is C17H27N5O. The highest BCUT2D eigenvalue weighted by Gasteiger charge is 2.20. The van der Waals surface area contributed by atoms with Gasteiger partial charge in [-0.2, -0.15) is 0 Å². The highest BCUT2D eigenvalue weighted by molar-refractivity contribution is 5.76. The Morgan fingerprint density at radius 3 is 2.91 bits per heavy atom. The number of fused-ring (bicyclic) bond motifs is 1. The molecule has 1 amide bonds. The standard InChI is InChI=1S/C17H27N5O/c1-12-5-9-22(10-6-12)16(23)4-8-19-17-14-3-7-18-11-15(14)20-13(2)21-17/h12,18H,3-11H2,1-2H3,(H,19,20,21). The average Bonchev–Trinajstić information content (AvgIpc) is 2.55. The summed E-state index contributed by atoms with van der Waals surface area (Å²) in [5.74, 6) is 2.70. The van der Waals surface area contributed by atoms with Crippen molar-refractivity contribution in [3.05, 3.63) is 17.1 Å². The zero-order valence-corrected chi connectivity index (χ0v) is 14.2. The summed E-state index contributed by atoms with van der Waals surface area (Å²) < 4.78 is 0. The minimum atomic E-state index is 0.255. The molecule has 0 aromatic carbocycles. The Balaban J connectivity index is 1.54. The third-order valence-corrected chi connectivity index (χ3v) is 4.82. The van der Waals surface area contributed by atoms with Crippen LogP contribution in [0.5, 0.6) is 0 Å². The van der Waals surface area contributed by atoms with Gasteiger partial charge in [0.05, 0.1) is 5.69 Å². The van der Waals surface area contributed by atoms with Gasteiger partial charge in [0.1, 0.15) is 11.6 Å². The number of nitrogens with zero attached hydrogens (tertiary/aromatic N) is 3. The summed E-state index contributed by atoms with van der Waals surface area (Å²) in [7, 11) is 0. The second-order valence-corrected chi connectivity index (χ2v) is 6.71. The fourth-order valence-corrected chi connectivity index (χ4v) is 3.33. The van der Waals surface area contributed by atoms with Crippen LogP contribution in [-0.2, 0) is 17.8 Å². The van der Waals surface area contributed by atoms with E-state index < -0.39 is 0 Å². The maximum absolute atomic E-state index is 12.3. The fourth-order valence-electron chi connectivity index (χ4n) is 3.33. The lowest BCUT2D eigenvalue weighted by Gasteiger charge is -2.30. The van der Waals surface area contributed by atoms with Gasteiger partial charge in [0.15, 0.2) is 0 Å². The Morgan fingerprint density at radius 1 is 1.35 bits per heavy atom. The van der Waals surface area contributed by atoms with Crippen molar-refractivity contribution in [2.45, 2.75) is 46.1 Å². The van der Waals surface area contributed by atoms with E-state index in [2.05, 4.69) is 27.5 Å². The van der Waals surface area contributed by atoms with Crippen molar-refractivity contribution in [2.75, 3.05) is 31.5 Å². The summed E-state index contributed by atoms with van der Waals surface area (Å²) in [4.78, 5) is 23.3. The van der Waals surface area contributed by atoms with Gasteiger partial charge in [0.25, 0.3) is 0 Å². The average molecular weight is 317 g/mol. The SMILES string of the molecule is Cc1nc2c(c(NCCC(=O)N3CCC(C)CC3)n1)CCNC2. The number of amides is 1. The van der Waals surface area contributed by atoms with E-state index in [9.17, 15) is 4.79 Å². The molecule has 6 nitrogen and oxygen atoms in total. The van der Waals surface area contributed by atoms with Crippen LogP contribution in [-0.4, -0.2) is 47.0 Å². The van der Waals surface area contributed by atoms with E-state index in [4.69, 9.17) is 0 Å². The Kier molecular flexibility index (Phi) is 5.10. The normalized spacial score (nSPS) is 18.6. The van der Waals surface area contributed by atoms with Crippen LogP contribution in [0.1, 0.15) is 43.3 Å². The van der Waals surface area contributed by atoms with Gasteiger partial charge < -0.3 is 15.5 Å². The number of hydrogen-bond donors (Lipinski definition) is 2. The molecule has 1 fully saturated rings. The van der Waals surface area contributed by atoms with Gasteiger partial charge >= 0.3 is 0 Å². The van der Waals surface area contributed by atoms with E-state index in [1.165, 1.54) is 5.56 Å². The highest BCUT2D eigenvalue weighted by atomic mass is 16.2. The van der Waals surface area contributed by atoms with E-state index in [0.717, 1.165) is 68.7 Å². The summed E-state index contributed by atoms with van der Waals surface area (Å²) in [6, 6.07) is 0. The van der Waals surface area contributed by atoms with Crippen LogP contribution < -0.4 is 10.6 Å². The van der Waals surface area contributed by atoms with Crippen molar-refractivity contribution in [1.29, 1.82) is 0 Å². The van der Waals surface area contributed by atoms with Crippen LogP contribution in [0.2, 0.25) is 0 Å². The van der Waals surface area contributed by atoms with E-state index in [-0.39, 0.29) is 5.91 Å². The van der Waals surface area contributed by atoms with Crippen molar-refractivity contribution < 1.29 is 4.79 Å². The zero-order chi connectivity index (χ0) is 16.2. The molecule has 0 unspecified atom stereocenters. The van der Waals surface area contributed by atoms with Crippen molar-refractivity contribution in [3.63, 3.8) is 0 Å². The van der Waals surface area contributed by atoms with Crippen molar-refractivity contribution in [1.82, 2.24) is 20.2 Å². The quantitative estimate of drug-likeness (QED) is 0.880. The lowest BCUT2D eigenvalue weighted by Crippen LogP contribution is -2.38. The molecule has 1 aromatic heterocycles. The van der Waals surface area contributed by atoms with Crippen LogP contribution in [0.25, 0.3) is 0 Å². The van der Waals surface area contributed by atoms with Gasteiger partial charge in [-0.25, -0.2) is 9.97 Å². The molecule has 0 bridgehead atoms. The Bertz CT molecular complexity index is 566. The van der Waals surface area contributed by atoms with Gasteiger partial charge in [0.2, 0.25) is 5.91 Å². The second kappa shape index (κ2) is 7.25. The van der Waals surface area contributed by atoms with Crippen LogP contribution in [0.15, 0.2) is 0 Å². The predicted octanol–water partition coefficient (Wildman–Crippen LogP) is 1.49. The first kappa shape index (κ1) is 16.2. The number of nitrogens with one attached hydrogen (secondary N) is 2. The van der Waals surface area contributed by atoms with Gasteiger partial charge in [-0.15, -0.1) is 0 Å². The Morgan fingerprint density at radius 2 is 2.13 bits per heavy atom. The first-order chi connectivity index (χ1) is 11.1. The molecule has 0 aliphatic carbocycles. The molecule has 0 saturated carbocycles. The molecule has 1 saturated heterocycles. The monoisotopic (exact) mass is 317 g/mol. The molecule has 0 radical (unpaired) electrons. The fraction of sp³-hybridized carbons (Fsp3) is 0.706. The molecule has 2 aliphatic heterocycles. The zero-order valence-electron chi connectivity index (χ0n) is 14.2. The van der Waals surface area contributed by atoms with Crippen LogP contribution in [0, 0.1) is 12.8 Å². The third-order valence-electron chi connectivity index (χ3n) is 4.82. The Labute approximate surface area is 138 Å². The molecule has 0 atom stereocenters. The van der Waals surface area contributed by atoms with E-state index >= 15 is 0 Å². The summed E-state index contributed by atoms with van der Waals surface area (Å²) >= 11 is 0. The predicted molar refractivity (Wildman–Crippen MR) is 90.3 cm³/mol. The molecule has 2 N–H and O–H groups in total. The lowest BCUT2D eigenvalue weighted by atomic mass is 9.99. The summed E-state index contributed by atoms with van der Waals surface area (Å²) in [5, 5.41) is 6.70. The van der Waals surface area contributed by atoms with Crippen LogP contribution in [0.4, 0.5) is 5.82 Å². The maximum Gasteiger partial charge on any atom is 0.224 e. The Hall–Kier alpha value is -1.69. The topological polar surface area (TPSA) is 70.2 Å². The second-order valence-electron chi connectivity index (χ2n) is 6.71. The minimum absolute atomic E-state index is 0.255. The van der Waals surface area contributed by atoms with Crippen molar-refractivity contribution in [2.24, 2.45) is 5.92 Å². The van der Waals surface area contributed by atoms with Gasteiger partial charge in [-0.05, 0) is 38.6 Å². The van der Waals surface area contributed by atoms with E-state index in [1.807, 2.05) is 11.8 Å². The molecule has 23 heavy (non-hydrogen) atoms. The van der Waals surface area contributed by atoms with E-state index in [1.54, 1.807) is 0 Å². The van der Waals surface area contributed by atoms with E-state index in [0.29, 0.717) is 13.0 Å². The molecule has 1 aromatic rings. The summed E-state index contributed by atoms with van der Waals surface area (Å²) in [6.45, 7) is 8.40. The molecule has 126 valence electrons. The van der Waals surface area contributed by atoms with Gasteiger partial charge in [-0.3, -0.25) is 4.79 Å². The maximum atomic E-state index is 12.3. The third kappa shape index (κ3) is 3.99. The number of anilines is 1. The first-order valence-corrected chi connectivity index (χ1v) is 8.72. The molecular weight excluding hydrogens is 290 g/mol. The molecule has 6 heteroatoms. The molecule has 3 heterocycles. The number of aryl methyl sites for hydroxylation is 1. The lowest BCUT2D eigenvalue weighted by molar-refractivity contribution is -0.132. The van der Waals surface area contributed by atoms with Gasteiger partial charge in [0, 0.05) is 38.2 Å². The van der Waals surface area contributed by atoms with Crippen LogP contribution in [0.3, 0.4) is 0 Å². The highest BCUT2D eigenvalue weighted by Crippen LogP contribution is 2.20. The number of carbonyl (C=O) groups is 1. The minimum Gasteiger partial charge on any atom is -0.369 e. The number of aromatic nitrogens is 2. The molecule has 3 rings (SSSR count). The number of rotatable bonds is 4. The summed E-state index contributed by atoms with van der Waals surface area (Å²) in [6.07, 6.45) is 3.73. The van der Waals surface area contributed by atoms with Gasteiger partial charge in [-0.1, -0.05) is 6.92 Å². The number of likely N-dealkylation sites (tertiary alicyclic amines) is 1. The van der Waals surface area contributed by atoms with Crippen LogP contribution >= 0.6 is 0 Å². The largest absolute Gasteiger partial charge is 0.369 e. The number of hydrogen-bond acceptors (Lipinski definition) is 5.